The molecule has 2 aromatic carbocycles. The molecule has 0 aliphatic carbocycles. The molecule has 0 saturated heterocycles. The van der Waals surface area contributed by atoms with Crippen LogP contribution >= 0.6 is 0 Å². The molecule has 3 rings (SSSR count). The van der Waals surface area contributed by atoms with E-state index >= 15 is 0 Å². The van der Waals surface area contributed by atoms with Gasteiger partial charge in [0.15, 0.2) is 0 Å². The zero-order valence-corrected chi connectivity index (χ0v) is 18.6. The van der Waals surface area contributed by atoms with E-state index in [4.69, 9.17) is 15.2 Å². The molecule has 3 N–H and O–H groups in total. The summed E-state index contributed by atoms with van der Waals surface area (Å²) in [6, 6.07) is 8.77. The summed E-state index contributed by atoms with van der Waals surface area (Å²) < 4.78 is 52.0. The number of primary amides is 1. The van der Waals surface area contributed by atoms with Crippen LogP contribution in [0.2, 0.25) is 0 Å². The lowest BCUT2D eigenvalue weighted by Gasteiger charge is -2.35. The molecule has 1 atom stereocenters. The molecule has 2 aromatic rings. The molecule has 172 valence electrons. The lowest BCUT2D eigenvalue weighted by Crippen LogP contribution is -2.45. The van der Waals surface area contributed by atoms with Gasteiger partial charge in [-0.3, -0.25) is 14.4 Å². The van der Waals surface area contributed by atoms with Gasteiger partial charge in [-0.2, -0.15) is 0 Å². The largest absolute Gasteiger partial charge is 0.486 e. The summed E-state index contributed by atoms with van der Waals surface area (Å²) in [4.78, 5) is 23.4. The third-order valence-corrected chi connectivity index (χ3v) is 6.16. The van der Waals surface area contributed by atoms with Gasteiger partial charge in [0, 0.05) is 5.69 Å². The Hall–Kier alpha value is -3.34. The Labute approximate surface area is 185 Å². The minimum atomic E-state index is -4.14. The monoisotopic (exact) mass is 465 g/mol. The van der Waals surface area contributed by atoms with Crippen LogP contribution in [0.15, 0.2) is 47.4 Å². The number of nitrogens with two attached hydrogens (primary N) is 1. The Bertz CT molecular complexity index is 1130. The molecular formula is C21H24FN3O6S. The predicted molar refractivity (Wildman–Crippen MR) is 115 cm³/mol. The molecule has 1 heterocycles. The van der Waals surface area contributed by atoms with Crippen LogP contribution in [0.3, 0.4) is 0 Å². The number of sulfonamides is 1. The van der Waals surface area contributed by atoms with Crippen molar-refractivity contribution in [3.8, 4) is 5.75 Å². The van der Waals surface area contributed by atoms with E-state index in [0.717, 1.165) is 28.6 Å². The average Bonchev–Trinajstić information content (AvgIpc) is 2.66. The van der Waals surface area contributed by atoms with Crippen LogP contribution in [0.4, 0.5) is 20.6 Å². The fourth-order valence-electron chi connectivity index (χ4n) is 3.10. The molecule has 0 radical (unpaired) electrons. The van der Waals surface area contributed by atoms with Gasteiger partial charge in [0.05, 0.1) is 23.5 Å². The number of anilines is 2. The predicted octanol–water partition coefficient (Wildman–Crippen LogP) is 3.00. The van der Waals surface area contributed by atoms with Crippen molar-refractivity contribution in [1.29, 1.82) is 0 Å². The second-order valence-electron chi connectivity index (χ2n) is 8.21. The number of hydrogen-bond donors (Lipinski definition) is 2. The number of benzene rings is 2. The van der Waals surface area contributed by atoms with Crippen LogP contribution in [0.1, 0.15) is 27.2 Å². The van der Waals surface area contributed by atoms with Crippen molar-refractivity contribution in [3.63, 3.8) is 0 Å². The summed E-state index contributed by atoms with van der Waals surface area (Å²) in [5, 5.41) is 2.55. The van der Waals surface area contributed by atoms with E-state index in [1.807, 2.05) is 0 Å². The molecule has 0 aromatic heterocycles. The zero-order chi connectivity index (χ0) is 23.7. The fourth-order valence-corrected chi connectivity index (χ4v) is 4.60. The molecule has 0 fully saturated rings. The van der Waals surface area contributed by atoms with E-state index in [1.54, 1.807) is 20.8 Å². The van der Waals surface area contributed by atoms with E-state index in [1.165, 1.54) is 18.2 Å². The van der Waals surface area contributed by atoms with Gasteiger partial charge in [0.2, 0.25) is 5.91 Å². The first kappa shape index (κ1) is 23.3. The molecule has 11 heteroatoms. The van der Waals surface area contributed by atoms with Gasteiger partial charge in [0.1, 0.15) is 23.3 Å². The van der Waals surface area contributed by atoms with Gasteiger partial charge < -0.3 is 15.2 Å². The second kappa shape index (κ2) is 8.65. The number of nitrogens with zero attached hydrogens (tertiary/aromatic N) is 1. The number of hydrogen-bond acceptors (Lipinski definition) is 6. The number of carbonyl (C=O) groups excluding carboxylic acids is 2. The van der Waals surface area contributed by atoms with Crippen molar-refractivity contribution in [1.82, 2.24) is 0 Å². The molecule has 0 spiro atoms. The summed E-state index contributed by atoms with van der Waals surface area (Å²) in [5.41, 5.74) is 4.96. The van der Waals surface area contributed by atoms with E-state index in [2.05, 4.69) is 5.32 Å². The molecule has 2 amide bonds. The first-order valence-corrected chi connectivity index (χ1v) is 11.2. The van der Waals surface area contributed by atoms with E-state index < -0.39 is 39.5 Å². The van der Waals surface area contributed by atoms with Crippen LogP contribution in [-0.2, 0) is 19.6 Å². The van der Waals surface area contributed by atoms with Crippen molar-refractivity contribution < 1.29 is 31.9 Å². The maximum Gasteiger partial charge on any atom is 0.412 e. The van der Waals surface area contributed by atoms with Gasteiger partial charge in [-0.15, -0.1) is 0 Å². The Kier molecular flexibility index (Phi) is 6.31. The molecule has 0 bridgehead atoms. The first-order chi connectivity index (χ1) is 14.8. The summed E-state index contributed by atoms with van der Waals surface area (Å²) in [5.74, 6) is -1.05. The third-order valence-electron chi connectivity index (χ3n) is 4.37. The Balaban J connectivity index is 2.00. The standard InChI is InChI=1S/C21H24FN3O6S/c1-21(2,3)31-20(27)24-14-6-9-18-17(10-14)25(12-15(30-18)11-19(23)26)32(28,29)16-7-4-13(22)5-8-16/h4-10,15H,11-12H2,1-3H3,(H2,23,26)(H,24,27)/t15-/m0/s1. The molecule has 1 aliphatic rings. The van der Waals surface area contributed by atoms with Gasteiger partial charge in [-0.05, 0) is 63.2 Å². The number of carbonyl (C=O) groups is 2. The van der Waals surface area contributed by atoms with E-state index in [0.29, 0.717) is 0 Å². The molecule has 9 nitrogen and oxygen atoms in total. The van der Waals surface area contributed by atoms with Crippen molar-refractivity contribution in [2.45, 2.75) is 43.8 Å². The van der Waals surface area contributed by atoms with Crippen LogP contribution in [0.5, 0.6) is 5.75 Å². The van der Waals surface area contributed by atoms with Crippen LogP contribution in [0.25, 0.3) is 0 Å². The van der Waals surface area contributed by atoms with Crippen molar-refractivity contribution in [3.05, 3.63) is 48.3 Å². The highest BCUT2D eigenvalue weighted by molar-refractivity contribution is 7.92. The smallest absolute Gasteiger partial charge is 0.412 e. The van der Waals surface area contributed by atoms with Gasteiger partial charge in [-0.1, -0.05) is 0 Å². The topological polar surface area (TPSA) is 128 Å². The number of fused-ring (bicyclic) bond motifs is 1. The summed E-state index contributed by atoms with van der Waals surface area (Å²) in [6.07, 6.45) is -1.74. The maximum absolute atomic E-state index is 13.3. The quantitative estimate of drug-likeness (QED) is 0.699. The molecule has 0 saturated carbocycles. The normalized spacial score (nSPS) is 16.0. The zero-order valence-electron chi connectivity index (χ0n) is 17.8. The Morgan fingerprint density at radius 1 is 1.22 bits per heavy atom. The van der Waals surface area contributed by atoms with Crippen LogP contribution in [0, 0.1) is 5.82 Å². The van der Waals surface area contributed by atoms with Crippen LogP contribution in [-0.4, -0.2) is 38.7 Å². The van der Waals surface area contributed by atoms with Gasteiger partial charge in [0.25, 0.3) is 10.0 Å². The molecular weight excluding hydrogens is 441 g/mol. The maximum atomic E-state index is 13.3. The second-order valence-corrected chi connectivity index (χ2v) is 10.1. The minimum Gasteiger partial charge on any atom is -0.486 e. The number of amides is 2. The van der Waals surface area contributed by atoms with Crippen LogP contribution < -0.4 is 20.1 Å². The average molecular weight is 466 g/mol. The number of halogens is 1. The minimum absolute atomic E-state index is 0.142. The Morgan fingerprint density at radius 3 is 2.47 bits per heavy atom. The van der Waals surface area contributed by atoms with Crippen molar-refractivity contribution in [2.75, 3.05) is 16.2 Å². The molecule has 32 heavy (non-hydrogen) atoms. The van der Waals surface area contributed by atoms with Crippen molar-refractivity contribution in [2.24, 2.45) is 5.73 Å². The first-order valence-electron chi connectivity index (χ1n) is 9.72. The van der Waals surface area contributed by atoms with Gasteiger partial charge >= 0.3 is 6.09 Å². The number of ether oxygens (including phenoxy) is 2. The van der Waals surface area contributed by atoms with Gasteiger partial charge in [-0.25, -0.2) is 17.6 Å². The SMILES string of the molecule is CC(C)(C)OC(=O)Nc1ccc2c(c1)N(S(=O)(=O)c1ccc(F)cc1)C[C@H](CC(N)=O)O2. The lowest BCUT2D eigenvalue weighted by atomic mass is 10.1. The number of rotatable bonds is 5. The highest BCUT2D eigenvalue weighted by atomic mass is 32.2. The molecule has 1 aliphatic heterocycles. The fraction of sp³-hybridized carbons (Fsp3) is 0.333. The van der Waals surface area contributed by atoms with E-state index in [9.17, 15) is 22.4 Å². The summed E-state index contributed by atoms with van der Waals surface area (Å²) >= 11 is 0. The third kappa shape index (κ3) is 5.47. The highest BCUT2D eigenvalue weighted by Crippen LogP contribution is 2.39. The Morgan fingerprint density at radius 2 is 1.88 bits per heavy atom. The lowest BCUT2D eigenvalue weighted by molar-refractivity contribution is -0.119. The summed E-state index contributed by atoms with van der Waals surface area (Å²) in [6.45, 7) is 4.93. The molecule has 0 unspecified atom stereocenters. The number of nitrogens with one attached hydrogen (secondary N) is 1. The summed E-state index contributed by atoms with van der Waals surface area (Å²) in [7, 11) is -4.14. The van der Waals surface area contributed by atoms with Crippen molar-refractivity contribution >= 4 is 33.4 Å². The highest BCUT2D eigenvalue weighted by Gasteiger charge is 2.35. The van der Waals surface area contributed by atoms with E-state index in [-0.39, 0.29) is 35.0 Å².